The van der Waals surface area contributed by atoms with E-state index in [-0.39, 0.29) is 6.04 Å². The van der Waals surface area contributed by atoms with E-state index in [0.717, 1.165) is 23.6 Å². The van der Waals surface area contributed by atoms with Crippen LogP contribution in [-0.2, 0) is 0 Å². The standard InChI is InChI=1S/C15H23NO2/c1-11(16-10-15(2)7-8-15)13-9-12(17-3)5-6-14(13)18-4/h5-6,9,11,16H,7-8,10H2,1-4H3. The second kappa shape index (κ2) is 5.19. The van der Waals surface area contributed by atoms with E-state index in [1.807, 2.05) is 18.2 Å². The molecule has 0 heterocycles. The molecule has 0 saturated heterocycles. The summed E-state index contributed by atoms with van der Waals surface area (Å²) in [6.45, 7) is 5.56. The zero-order chi connectivity index (χ0) is 13.2. The third-order valence-corrected chi connectivity index (χ3v) is 3.84. The van der Waals surface area contributed by atoms with Crippen molar-refractivity contribution in [1.29, 1.82) is 0 Å². The van der Waals surface area contributed by atoms with E-state index < -0.39 is 0 Å². The van der Waals surface area contributed by atoms with Crippen LogP contribution in [0, 0.1) is 5.41 Å². The molecule has 3 nitrogen and oxygen atoms in total. The van der Waals surface area contributed by atoms with E-state index in [0.29, 0.717) is 5.41 Å². The third-order valence-electron chi connectivity index (χ3n) is 3.84. The van der Waals surface area contributed by atoms with Crippen molar-refractivity contribution in [3.05, 3.63) is 23.8 Å². The second-order valence-electron chi connectivity index (χ2n) is 5.52. The molecule has 3 heteroatoms. The van der Waals surface area contributed by atoms with Gasteiger partial charge in [-0.3, -0.25) is 0 Å². The Morgan fingerprint density at radius 2 is 2.00 bits per heavy atom. The monoisotopic (exact) mass is 249 g/mol. The minimum absolute atomic E-state index is 0.271. The molecule has 0 aromatic heterocycles. The minimum atomic E-state index is 0.271. The summed E-state index contributed by atoms with van der Waals surface area (Å²) in [6, 6.07) is 6.21. The lowest BCUT2D eigenvalue weighted by atomic mass is 10.0. The molecule has 1 aliphatic carbocycles. The van der Waals surface area contributed by atoms with Gasteiger partial charge in [0.15, 0.2) is 0 Å². The van der Waals surface area contributed by atoms with Crippen molar-refractivity contribution >= 4 is 0 Å². The van der Waals surface area contributed by atoms with E-state index >= 15 is 0 Å². The van der Waals surface area contributed by atoms with Crippen LogP contribution in [0.15, 0.2) is 18.2 Å². The molecular weight excluding hydrogens is 226 g/mol. The van der Waals surface area contributed by atoms with Crippen molar-refractivity contribution in [3.63, 3.8) is 0 Å². The highest BCUT2D eigenvalue weighted by Crippen LogP contribution is 2.44. The Bertz CT molecular complexity index is 413. The van der Waals surface area contributed by atoms with Crippen LogP contribution in [-0.4, -0.2) is 20.8 Å². The van der Waals surface area contributed by atoms with Gasteiger partial charge in [-0.25, -0.2) is 0 Å². The molecule has 0 bridgehead atoms. The first-order valence-electron chi connectivity index (χ1n) is 6.53. The van der Waals surface area contributed by atoms with Crippen LogP contribution in [0.5, 0.6) is 11.5 Å². The number of methoxy groups -OCH3 is 2. The van der Waals surface area contributed by atoms with Crippen LogP contribution in [0.4, 0.5) is 0 Å². The Morgan fingerprint density at radius 3 is 2.56 bits per heavy atom. The number of hydrogen-bond acceptors (Lipinski definition) is 3. The van der Waals surface area contributed by atoms with Crippen LogP contribution in [0.3, 0.4) is 0 Å². The van der Waals surface area contributed by atoms with Crippen LogP contribution in [0.25, 0.3) is 0 Å². The lowest BCUT2D eigenvalue weighted by Gasteiger charge is -2.20. The predicted molar refractivity (Wildman–Crippen MR) is 73.3 cm³/mol. The van der Waals surface area contributed by atoms with E-state index in [2.05, 4.69) is 19.2 Å². The molecule has 1 aromatic rings. The van der Waals surface area contributed by atoms with Crippen LogP contribution < -0.4 is 14.8 Å². The quantitative estimate of drug-likeness (QED) is 0.840. The molecule has 1 aliphatic rings. The Balaban J connectivity index is 2.08. The van der Waals surface area contributed by atoms with Gasteiger partial charge in [-0.2, -0.15) is 0 Å². The molecular formula is C15H23NO2. The van der Waals surface area contributed by atoms with Crippen LogP contribution in [0.1, 0.15) is 38.3 Å². The Hall–Kier alpha value is -1.22. The van der Waals surface area contributed by atoms with Gasteiger partial charge in [0.2, 0.25) is 0 Å². The number of nitrogens with one attached hydrogen (secondary N) is 1. The molecule has 0 aliphatic heterocycles. The summed E-state index contributed by atoms with van der Waals surface area (Å²) >= 11 is 0. The molecule has 1 atom stereocenters. The first-order valence-corrected chi connectivity index (χ1v) is 6.53. The Morgan fingerprint density at radius 1 is 1.28 bits per heavy atom. The lowest BCUT2D eigenvalue weighted by Crippen LogP contribution is -2.25. The van der Waals surface area contributed by atoms with Gasteiger partial charge in [0.05, 0.1) is 14.2 Å². The minimum Gasteiger partial charge on any atom is -0.497 e. The normalized spacial score (nSPS) is 18.2. The van der Waals surface area contributed by atoms with Gasteiger partial charge in [0.25, 0.3) is 0 Å². The fourth-order valence-electron chi connectivity index (χ4n) is 2.08. The highest BCUT2D eigenvalue weighted by atomic mass is 16.5. The number of hydrogen-bond donors (Lipinski definition) is 1. The van der Waals surface area contributed by atoms with Gasteiger partial charge >= 0.3 is 0 Å². The van der Waals surface area contributed by atoms with E-state index in [4.69, 9.17) is 9.47 Å². The maximum atomic E-state index is 5.42. The van der Waals surface area contributed by atoms with Gasteiger partial charge in [-0.1, -0.05) is 6.92 Å². The Kier molecular flexibility index (Phi) is 3.81. The molecule has 0 amide bonds. The summed E-state index contributed by atoms with van der Waals surface area (Å²) in [4.78, 5) is 0. The molecule has 1 fully saturated rings. The number of rotatable bonds is 6. The summed E-state index contributed by atoms with van der Waals surface area (Å²) in [5.41, 5.74) is 1.67. The second-order valence-corrected chi connectivity index (χ2v) is 5.52. The van der Waals surface area contributed by atoms with Gasteiger partial charge in [0, 0.05) is 18.2 Å². The fraction of sp³-hybridized carbons (Fsp3) is 0.600. The molecule has 1 unspecified atom stereocenters. The van der Waals surface area contributed by atoms with Gasteiger partial charge in [0.1, 0.15) is 11.5 Å². The van der Waals surface area contributed by atoms with Crippen LogP contribution in [0.2, 0.25) is 0 Å². The van der Waals surface area contributed by atoms with Crippen molar-refractivity contribution in [1.82, 2.24) is 5.32 Å². The topological polar surface area (TPSA) is 30.5 Å². The summed E-state index contributed by atoms with van der Waals surface area (Å²) in [6.07, 6.45) is 2.67. The van der Waals surface area contributed by atoms with Crippen molar-refractivity contribution in [3.8, 4) is 11.5 Å². The zero-order valence-corrected chi connectivity index (χ0v) is 11.7. The first kappa shape index (κ1) is 13.2. The maximum absolute atomic E-state index is 5.42. The largest absolute Gasteiger partial charge is 0.497 e. The molecule has 100 valence electrons. The van der Waals surface area contributed by atoms with Crippen molar-refractivity contribution in [2.75, 3.05) is 20.8 Å². The highest BCUT2D eigenvalue weighted by molar-refractivity contribution is 5.42. The van der Waals surface area contributed by atoms with Crippen molar-refractivity contribution in [2.24, 2.45) is 5.41 Å². The van der Waals surface area contributed by atoms with Gasteiger partial charge < -0.3 is 14.8 Å². The Labute approximate surface area is 109 Å². The molecule has 0 spiro atoms. The summed E-state index contributed by atoms with van der Waals surface area (Å²) in [7, 11) is 3.40. The molecule has 18 heavy (non-hydrogen) atoms. The third kappa shape index (κ3) is 2.96. The summed E-state index contributed by atoms with van der Waals surface area (Å²) in [5.74, 6) is 1.79. The smallest absolute Gasteiger partial charge is 0.123 e. The summed E-state index contributed by atoms with van der Waals surface area (Å²) < 4.78 is 10.7. The average molecular weight is 249 g/mol. The molecule has 2 rings (SSSR count). The van der Waals surface area contributed by atoms with E-state index in [1.54, 1.807) is 14.2 Å². The average Bonchev–Trinajstić information content (AvgIpc) is 3.13. The van der Waals surface area contributed by atoms with E-state index in [9.17, 15) is 0 Å². The van der Waals surface area contributed by atoms with Gasteiger partial charge in [-0.15, -0.1) is 0 Å². The van der Waals surface area contributed by atoms with E-state index in [1.165, 1.54) is 12.8 Å². The lowest BCUT2D eigenvalue weighted by molar-refractivity contribution is 0.386. The predicted octanol–water partition coefficient (Wildman–Crippen LogP) is 3.15. The highest BCUT2D eigenvalue weighted by Gasteiger charge is 2.37. The number of ether oxygens (including phenoxy) is 2. The van der Waals surface area contributed by atoms with Gasteiger partial charge in [-0.05, 0) is 43.4 Å². The first-order chi connectivity index (χ1) is 8.58. The van der Waals surface area contributed by atoms with Crippen LogP contribution >= 0.6 is 0 Å². The fourth-order valence-corrected chi connectivity index (χ4v) is 2.08. The molecule has 0 radical (unpaired) electrons. The maximum Gasteiger partial charge on any atom is 0.123 e. The molecule has 1 saturated carbocycles. The van der Waals surface area contributed by atoms with Crippen molar-refractivity contribution in [2.45, 2.75) is 32.7 Å². The molecule has 1 N–H and O–H groups in total. The summed E-state index contributed by atoms with van der Waals surface area (Å²) in [5, 5.41) is 3.59. The molecule has 1 aromatic carbocycles. The van der Waals surface area contributed by atoms with Crippen molar-refractivity contribution < 1.29 is 9.47 Å². The zero-order valence-electron chi connectivity index (χ0n) is 11.7. The SMILES string of the molecule is COc1ccc(OC)c(C(C)NCC2(C)CC2)c1. The number of benzene rings is 1.